The summed E-state index contributed by atoms with van der Waals surface area (Å²) in [5.41, 5.74) is 5.08. The lowest BCUT2D eigenvalue weighted by molar-refractivity contribution is 0.241. The zero-order chi connectivity index (χ0) is 8.55. The van der Waals surface area contributed by atoms with Crippen LogP contribution in [0.5, 0.6) is 0 Å². The molecule has 1 aliphatic carbocycles. The van der Waals surface area contributed by atoms with Crippen molar-refractivity contribution in [3.63, 3.8) is 0 Å². The molecule has 2 fully saturated rings. The van der Waals surface area contributed by atoms with E-state index in [0.717, 1.165) is 25.4 Å². The third kappa shape index (κ3) is 1.27. The molecule has 4 N–H and O–H groups in total. The quantitative estimate of drug-likeness (QED) is 0.502. The van der Waals surface area contributed by atoms with Crippen molar-refractivity contribution in [3.05, 3.63) is 0 Å². The van der Waals surface area contributed by atoms with Gasteiger partial charge in [-0.15, -0.1) is 0 Å². The first-order valence-corrected chi connectivity index (χ1v) is 4.54. The summed E-state index contributed by atoms with van der Waals surface area (Å²) < 4.78 is 0. The number of urea groups is 1. The molecule has 68 valence electrons. The molecular weight excluding hydrogens is 154 g/mol. The summed E-state index contributed by atoms with van der Waals surface area (Å²) >= 11 is 0. The van der Waals surface area contributed by atoms with Gasteiger partial charge in [-0.25, -0.2) is 4.79 Å². The van der Waals surface area contributed by atoms with Crippen molar-refractivity contribution in [3.8, 4) is 0 Å². The van der Waals surface area contributed by atoms with Crippen LogP contribution in [0.3, 0.4) is 0 Å². The first-order valence-electron chi connectivity index (χ1n) is 4.54. The summed E-state index contributed by atoms with van der Waals surface area (Å²) in [7, 11) is 0. The van der Waals surface area contributed by atoms with Crippen molar-refractivity contribution in [2.45, 2.75) is 18.9 Å². The van der Waals surface area contributed by atoms with Crippen LogP contribution < -0.4 is 16.4 Å². The van der Waals surface area contributed by atoms with E-state index in [2.05, 4.69) is 10.6 Å². The summed E-state index contributed by atoms with van der Waals surface area (Å²) in [5.74, 6) is 1.39. The van der Waals surface area contributed by atoms with Gasteiger partial charge in [-0.1, -0.05) is 0 Å². The second kappa shape index (κ2) is 2.94. The van der Waals surface area contributed by atoms with E-state index in [1.165, 1.54) is 6.42 Å². The minimum absolute atomic E-state index is 0.322. The fourth-order valence-electron chi connectivity index (χ4n) is 2.51. The molecule has 3 unspecified atom stereocenters. The van der Waals surface area contributed by atoms with Crippen LogP contribution in [-0.2, 0) is 0 Å². The Morgan fingerprint density at radius 3 is 3.00 bits per heavy atom. The van der Waals surface area contributed by atoms with Crippen LogP contribution in [0.15, 0.2) is 0 Å². The monoisotopic (exact) mass is 169 g/mol. The van der Waals surface area contributed by atoms with E-state index in [4.69, 9.17) is 5.73 Å². The van der Waals surface area contributed by atoms with E-state index < -0.39 is 0 Å². The zero-order valence-corrected chi connectivity index (χ0v) is 7.05. The van der Waals surface area contributed by atoms with Crippen molar-refractivity contribution in [1.82, 2.24) is 10.6 Å². The lowest BCUT2D eigenvalue weighted by Crippen LogP contribution is -2.42. The molecule has 4 heteroatoms. The summed E-state index contributed by atoms with van der Waals surface area (Å²) in [6, 6.07) is -0.0601. The molecule has 3 atom stereocenters. The highest BCUT2D eigenvalue weighted by Crippen LogP contribution is 2.34. The van der Waals surface area contributed by atoms with Crippen molar-refractivity contribution >= 4 is 6.03 Å². The Morgan fingerprint density at radius 1 is 1.42 bits per heavy atom. The Bertz CT molecular complexity index is 195. The highest BCUT2D eigenvalue weighted by atomic mass is 16.2. The first kappa shape index (κ1) is 7.86. The van der Waals surface area contributed by atoms with Gasteiger partial charge in [0.05, 0.1) is 0 Å². The Morgan fingerprint density at radius 2 is 2.25 bits per heavy atom. The summed E-state index contributed by atoms with van der Waals surface area (Å²) in [6.07, 6.45) is 2.32. The normalized spacial score (nSPS) is 39.5. The molecule has 1 heterocycles. The number of nitrogens with one attached hydrogen (secondary N) is 2. The van der Waals surface area contributed by atoms with Gasteiger partial charge in [0.1, 0.15) is 0 Å². The van der Waals surface area contributed by atoms with Crippen molar-refractivity contribution in [2.24, 2.45) is 17.6 Å². The highest BCUT2D eigenvalue weighted by molar-refractivity contribution is 5.72. The van der Waals surface area contributed by atoms with E-state index in [1.54, 1.807) is 0 Å². The third-order valence-electron chi connectivity index (χ3n) is 3.09. The van der Waals surface area contributed by atoms with Crippen molar-refractivity contribution < 1.29 is 4.79 Å². The number of amides is 2. The van der Waals surface area contributed by atoms with Crippen LogP contribution in [-0.4, -0.2) is 25.2 Å². The van der Waals surface area contributed by atoms with E-state index in [1.807, 2.05) is 0 Å². The van der Waals surface area contributed by atoms with Crippen LogP contribution in [0.2, 0.25) is 0 Å². The fraction of sp³-hybridized carbons (Fsp3) is 0.875. The van der Waals surface area contributed by atoms with E-state index >= 15 is 0 Å². The first-order chi connectivity index (χ1) is 5.77. The Labute approximate surface area is 71.9 Å². The second-order valence-electron chi connectivity index (χ2n) is 3.77. The van der Waals surface area contributed by atoms with Gasteiger partial charge in [0.15, 0.2) is 0 Å². The van der Waals surface area contributed by atoms with Gasteiger partial charge < -0.3 is 16.4 Å². The molecular formula is C8H15N3O. The molecule has 0 aromatic rings. The molecule has 1 aliphatic heterocycles. The number of fused-ring (bicyclic) bond motifs is 1. The summed E-state index contributed by atoms with van der Waals surface area (Å²) in [6.45, 7) is 2.15. The minimum atomic E-state index is -0.382. The van der Waals surface area contributed by atoms with Gasteiger partial charge in [-0.2, -0.15) is 0 Å². The Kier molecular flexibility index (Phi) is 1.92. The smallest absolute Gasteiger partial charge is 0.312 e. The molecule has 0 bridgehead atoms. The minimum Gasteiger partial charge on any atom is -0.352 e. The van der Waals surface area contributed by atoms with Crippen molar-refractivity contribution in [1.29, 1.82) is 0 Å². The molecule has 1 saturated carbocycles. The molecule has 12 heavy (non-hydrogen) atoms. The van der Waals surface area contributed by atoms with Gasteiger partial charge >= 0.3 is 6.03 Å². The number of carbonyl (C=O) groups is 1. The second-order valence-corrected chi connectivity index (χ2v) is 3.77. The number of primary amides is 1. The average molecular weight is 169 g/mol. The number of nitrogens with two attached hydrogens (primary N) is 1. The van der Waals surface area contributed by atoms with Crippen LogP contribution in [0, 0.1) is 11.8 Å². The predicted molar refractivity (Wildman–Crippen MR) is 45.6 cm³/mol. The molecule has 0 aromatic heterocycles. The molecule has 1 saturated heterocycles. The van der Waals surface area contributed by atoms with Gasteiger partial charge in [-0.3, -0.25) is 0 Å². The van der Waals surface area contributed by atoms with E-state index in [-0.39, 0.29) is 6.03 Å². The van der Waals surface area contributed by atoms with Crippen LogP contribution in [0.1, 0.15) is 12.8 Å². The zero-order valence-electron chi connectivity index (χ0n) is 7.05. The third-order valence-corrected chi connectivity index (χ3v) is 3.09. The number of carbonyl (C=O) groups excluding carboxylic acids is 1. The van der Waals surface area contributed by atoms with Gasteiger partial charge in [0.2, 0.25) is 0 Å². The largest absolute Gasteiger partial charge is 0.352 e. The van der Waals surface area contributed by atoms with Gasteiger partial charge in [-0.05, 0) is 31.2 Å². The van der Waals surface area contributed by atoms with E-state index in [0.29, 0.717) is 12.0 Å². The molecule has 0 aromatic carbocycles. The Hall–Kier alpha value is -0.770. The average Bonchev–Trinajstić information content (AvgIpc) is 2.52. The Balaban J connectivity index is 1.95. The maximum atomic E-state index is 10.6. The summed E-state index contributed by atoms with van der Waals surface area (Å²) in [5, 5.41) is 6.15. The molecule has 2 amide bonds. The van der Waals surface area contributed by atoms with Crippen LogP contribution in [0.25, 0.3) is 0 Å². The topological polar surface area (TPSA) is 67.2 Å². The maximum absolute atomic E-state index is 10.6. The highest BCUT2D eigenvalue weighted by Gasteiger charge is 2.39. The molecule has 0 spiro atoms. The number of hydrogen-bond donors (Lipinski definition) is 3. The molecule has 2 rings (SSSR count). The van der Waals surface area contributed by atoms with Crippen LogP contribution >= 0.6 is 0 Å². The van der Waals surface area contributed by atoms with E-state index in [9.17, 15) is 4.79 Å². The fourth-order valence-corrected chi connectivity index (χ4v) is 2.51. The van der Waals surface area contributed by atoms with Gasteiger partial charge in [0.25, 0.3) is 0 Å². The molecule has 0 radical (unpaired) electrons. The predicted octanol–water partition coefficient (Wildman–Crippen LogP) is -0.347. The SMILES string of the molecule is NC(=O)NC1CCC2CNCC21. The lowest BCUT2D eigenvalue weighted by Gasteiger charge is -2.17. The van der Waals surface area contributed by atoms with Crippen molar-refractivity contribution in [2.75, 3.05) is 13.1 Å². The lowest BCUT2D eigenvalue weighted by atomic mass is 9.98. The summed E-state index contributed by atoms with van der Waals surface area (Å²) in [4.78, 5) is 10.6. The van der Waals surface area contributed by atoms with Crippen LogP contribution in [0.4, 0.5) is 4.79 Å². The maximum Gasteiger partial charge on any atom is 0.312 e. The number of rotatable bonds is 1. The molecule has 2 aliphatic rings. The molecule has 4 nitrogen and oxygen atoms in total. The van der Waals surface area contributed by atoms with Gasteiger partial charge in [0, 0.05) is 12.6 Å². The standard InChI is InChI=1S/C8H15N3O/c9-8(12)11-7-2-1-5-3-10-4-6(5)7/h5-7,10H,1-4H2,(H3,9,11,12). The number of hydrogen-bond acceptors (Lipinski definition) is 2.